The minimum absolute atomic E-state index is 0.0344. The van der Waals surface area contributed by atoms with Crippen LogP contribution in [0.25, 0.3) is 28.0 Å². The third-order valence-electron chi connectivity index (χ3n) is 8.81. The normalized spacial score (nSPS) is 13.9. The number of hydrogen-bond acceptors (Lipinski definition) is 8. The van der Waals surface area contributed by atoms with E-state index in [4.69, 9.17) is 10.7 Å². The molecule has 1 fully saturated rings. The van der Waals surface area contributed by atoms with Crippen LogP contribution in [0.4, 0.5) is 11.5 Å². The van der Waals surface area contributed by atoms with Crippen molar-refractivity contribution in [3.63, 3.8) is 0 Å². The van der Waals surface area contributed by atoms with Crippen LogP contribution < -0.4 is 22.3 Å². The Labute approximate surface area is 277 Å². The Bertz CT molecular complexity index is 2120. The number of nitrogen functional groups attached to an aromatic ring is 1. The van der Waals surface area contributed by atoms with Gasteiger partial charge in [-0.15, -0.1) is 0 Å². The molecule has 6 rings (SSSR count). The standard InChI is InChI=1S/C35H39N9O4/c1-20(2)33(46)42-16-13-23(14-17-42)27-18-25(29-30(36)40-41(5)31(29)39-27)22-9-11-24(12-10-22)38-32(45)26-19-43(21(3)4)35(48)44(34(26)47)28-8-6-7-15-37-28/h6-12,15,18-21,23H,13-14,16-17H2,1-5H3,(H2,36,40)(H,38,45). The second kappa shape index (κ2) is 12.9. The fourth-order valence-electron chi connectivity index (χ4n) is 6.21. The highest BCUT2D eigenvalue weighted by Gasteiger charge is 2.28. The van der Waals surface area contributed by atoms with Crippen molar-refractivity contribution in [3.8, 4) is 16.9 Å². The summed E-state index contributed by atoms with van der Waals surface area (Å²) in [5.41, 5.74) is 8.58. The van der Waals surface area contributed by atoms with Crippen molar-refractivity contribution in [1.82, 2.24) is 33.8 Å². The van der Waals surface area contributed by atoms with Gasteiger partial charge in [-0.25, -0.2) is 24.0 Å². The van der Waals surface area contributed by atoms with Crippen LogP contribution in [0.15, 0.2) is 70.5 Å². The van der Waals surface area contributed by atoms with Crippen LogP contribution in [0, 0.1) is 5.92 Å². The van der Waals surface area contributed by atoms with Crippen molar-refractivity contribution < 1.29 is 9.59 Å². The summed E-state index contributed by atoms with van der Waals surface area (Å²) in [6.07, 6.45) is 4.39. The lowest BCUT2D eigenvalue weighted by atomic mass is 9.90. The highest BCUT2D eigenvalue weighted by molar-refractivity contribution is 6.04. The van der Waals surface area contributed by atoms with E-state index in [2.05, 4.69) is 15.4 Å². The van der Waals surface area contributed by atoms with Gasteiger partial charge in [0.15, 0.2) is 11.5 Å². The van der Waals surface area contributed by atoms with Gasteiger partial charge in [-0.05, 0) is 68.1 Å². The zero-order valence-corrected chi connectivity index (χ0v) is 27.7. The number of likely N-dealkylation sites (tertiary alicyclic amines) is 1. The number of aromatic nitrogens is 6. The van der Waals surface area contributed by atoms with Crippen molar-refractivity contribution in [2.45, 2.75) is 52.5 Å². The predicted molar refractivity (Wildman–Crippen MR) is 184 cm³/mol. The molecule has 0 atom stereocenters. The number of benzene rings is 1. The monoisotopic (exact) mass is 649 g/mol. The van der Waals surface area contributed by atoms with Gasteiger partial charge in [-0.2, -0.15) is 5.10 Å². The summed E-state index contributed by atoms with van der Waals surface area (Å²) >= 11 is 0. The van der Waals surface area contributed by atoms with Gasteiger partial charge in [0.05, 0.1) is 5.39 Å². The van der Waals surface area contributed by atoms with E-state index in [1.54, 1.807) is 48.9 Å². The van der Waals surface area contributed by atoms with Gasteiger partial charge in [0, 0.05) is 61.8 Å². The summed E-state index contributed by atoms with van der Waals surface area (Å²) in [7, 11) is 1.81. The Morgan fingerprint density at radius 2 is 1.71 bits per heavy atom. The van der Waals surface area contributed by atoms with Crippen LogP contribution >= 0.6 is 0 Å². The van der Waals surface area contributed by atoms with Gasteiger partial charge in [0.25, 0.3) is 11.5 Å². The maximum Gasteiger partial charge on any atom is 0.337 e. The summed E-state index contributed by atoms with van der Waals surface area (Å²) in [5.74, 6) is 0.147. The molecular weight excluding hydrogens is 610 g/mol. The molecule has 5 aromatic rings. The first kappa shape index (κ1) is 32.4. The molecule has 1 aliphatic heterocycles. The SMILES string of the molecule is CC(C)C(=O)N1CCC(c2cc(-c3ccc(NC(=O)c4cn(C(C)C)c(=O)n(-c5ccccn5)c4=O)cc3)c3c(N)nn(C)c3n2)CC1. The van der Waals surface area contributed by atoms with Crippen molar-refractivity contribution >= 4 is 34.4 Å². The van der Waals surface area contributed by atoms with Gasteiger partial charge >= 0.3 is 5.69 Å². The number of nitrogens with two attached hydrogens (primary N) is 1. The maximum absolute atomic E-state index is 13.5. The number of carbonyl (C=O) groups excluding carboxylic acids is 2. The quantitative estimate of drug-likeness (QED) is 0.266. The first-order chi connectivity index (χ1) is 22.9. The van der Waals surface area contributed by atoms with E-state index in [-0.39, 0.29) is 35.2 Å². The molecule has 2 amide bonds. The minimum atomic E-state index is -0.761. The Kier molecular flexibility index (Phi) is 8.69. The number of anilines is 2. The van der Waals surface area contributed by atoms with Gasteiger partial charge in [0.2, 0.25) is 5.91 Å². The maximum atomic E-state index is 13.5. The first-order valence-corrected chi connectivity index (χ1v) is 16.1. The molecule has 0 aliphatic carbocycles. The van der Waals surface area contributed by atoms with E-state index >= 15 is 0 Å². The number of amides is 2. The summed E-state index contributed by atoms with van der Waals surface area (Å²) in [6, 6.07) is 13.9. The smallest absolute Gasteiger partial charge is 0.337 e. The van der Waals surface area contributed by atoms with Crippen LogP contribution in [0.2, 0.25) is 0 Å². The molecule has 1 aliphatic rings. The number of pyridine rings is 2. The van der Waals surface area contributed by atoms with E-state index in [9.17, 15) is 19.2 Å². The van der Waals surface area contributed by atoms with Crippen molar-refractivity contribution in [3.05, 3.63) is 93.0 Å². The van der Waals surface area contributed by atoms with Crippen molar-refractivity contribution in [2.24, 2.45) is 13.0 Å². The summed E-state index contributed by atoms with van der Waals surface area (Å²) in [6.45, 7) is 8.79. The topological polar surface area (TPSA) is 163 Å². The molecular formula is C35H39N9O4. The van der Waals surface area contributed by atoms with E-state index in [0.717, 1.165) is 39.6 Å². The molecule has 13 nitrogen and oxygen atoms in total. The zero-order valence-electron chi connectivity index (χ0n) is 27.7. The fourth-order valence-corrected chi connectivity index (χ4v) is 6.21. The van der Waals surface area contributed by atoms with Crippen LogP contribution in [0.5, 0.6) is 0 Å². The molecule has 0 unspecified atom stereocenters. The van der Waals surface area contributed by atoms with Crippen LogP contribution in [-0.2, 0) is 11.8 Å². The molecule has 0 spiro atoms. The van der Waals surface area contributed by atoms with Gasteiger partial charge < -0.3 is 16.0 Å². The molecule has 3 N–H and O–H groups in total. The van der Waals surface area contributed by atoms with E-state index in [0.29, 0.717) is 30.2 Å². The third kappa shape index (κ3) is 5.98. The zero-order chi connectivity index (χ0) is 34.3. The average Bonchev–Trinajstić information content (AvgIpc) is 3.37. The highest BCUT2D eigenvalue weighted by Crippen LogP contribution is 2.37. The lowest BCUT2D eigenvalue weighted by Gasteiger charge is -2.33. The lowest BCUT2D eigenvalue weighted by Crippen LogP contribution is -2.43. The van der Waals surface area contributed by atoms with Crippen LogP contribution in [0.1, 0.15) is 68.5 Å². The number of fused-ring (bicyclic) bond motifs is 1. The molecule has 0 radical (unpaired) electrons. The van der Waals surface area contributed by atoms with Crippen LogP contribution in [-0.4, -0.2) is 58.7 Å². The molecule has 1 saturated heterocycles. The van der Waals surface area contributed by atoms with Crippen molar-refractivity contribution in [2.75, 3.05) is 24.1 Å². The van der Waals surface area contributed by atoms with E-state index in [1.807, 2.05) is 44.0 Å². The summed E-state index contributed by atoms with van der Waals surface area (Å²) in [5, 5.41) is 7.97. The number of hydrogen-bond donors (Lipinski definition) is 2. The molecule has 248 valence electrons. The molecule has 0 saturated carbocycles. The Morgan fingerprint density at radius 1 is 1.00 bits per heavy atom. The predicted octanol–water partition coefficient (Wildman–Crippen LogP) is 4.12. The lowest BCUT2D eigenvalue weighted by molar-refractivity contribution is -0.135. The Hall–Kier alpha value is -5.59. The van der Waals surface area contributed by atoms with Gasteiger partial charge in [-0.1, -0.05) is 32.0 Å². The van der Waals surface area contributed by atoms with Gasteiger partial charge in [0.1, 0.15) is 11.4 Å². The number of rotatable bonds is 7. The molecule has 48 heavy (non-hydrogen) atoms. The molecule has 4 aromatic heterocycles. The number of nitrogens with zero attached hydrogens (tertiary/aromatic N) is 7. The molecule has 13 heteroatoms. The first-order valence-electron chi connectivity index (χ1n) is 16.1. The number of aryl methyl sites for hydroxylation is 1. The Morgan fingerprint density at radius 3 is 2.33 bits per heavy atom. The molecule has 0 bridgehead atoms. The van der Waals surface area contributed by atoms with E-state index < -0.39 is 17.2 Å². The summed E-state index contributed by atoms with van der Waals surface area (Å²) < 4.78 is 3.93. The largest absolute Gasteiger partial charge is 0.382 e. The number of piperidine rings is 1. The van der Waals surface area contributed by atoms with Gasteiger partial charge in [-0.3, -0.25) is 19.0 Å². The van der Waals surface area contributed by atoms with Crippen molar-refractivity contribution in [1.29, 1.82) is 0 Å². The number of nitrogens with one attached hydrogen (secondary N) is 1. The second-order valence-electron chi connectivity index (χ2n) is 12.7. The minimum Gasteiger partial charge on any atom is -0.382 e. The fraction of sp³-hybridized carbons (Fsp3) is 0.343. The molecule has 5 heterocycles. The number of carbonyl (C=O) groups is 2. The van der Waals surface area contributed by atoms with E-state index in [1.165, 1.54) is 17.0 Å². The third-order valence-corrected chi connectivity index (χ3v) is 8.81. The molecule has 1 aromatic carbocycles. The summed E-state index contributed by atoms with van der Waals surface area (Å²) in [4.78, 5) is 63.7. The van der Waals surface area contributed by atoms with Crippen LogP contribution in [0.3, 0.4) is 0 Å². The Balaban J connectivity index is 1.30. The highest BCUT2D eigenvalue weighted by atomic mass is 16.2. The average molecular weight is 650 g/mol. The second-order valence-corrected chi connectivity index (χ2v) is 12.7.